The molecule has 5 heteroatoms. The van der Waals surface area contributed by atoms with E-state index >= 15 is 0 Å². The first-order chi connectivity index (χ1) is 11.5. The summed E-state index contributed by atoms with van der Waals surface area (Å²) < 4.78 is 0. The summed E-state index contributed by atoms with van der Waals surface area (Å²) in [7, 11) is 0. The van der Waals surface area contributed by atoms with Gasteiger partial charge < -0.3 is 5.11 Å². The van der Waals surface area contributed by atoms with Gasteiger partial charge in [0.15, 0.2) is 0 Å². The summed E-state index contributed by atoms with van der Waals surface area (Å²) >= 11 is 0. The Kier molecular flexibility index (Phi) is 4.37. The van der Waals surface area contributed by atoms with E-state index in [4.69, 9.17) is 0 Å². The van der Waals surface area contributed by atoms with Crippen LogP contribution in [0, 0.1) is 5.92 Å². The fourth-order valence-electron chi connectivity index (χ4n) is 5.10. The Morgan fingerprint density at radius 3 is 2.75 bits per heavy atom. The first-order valence-corrected chi connectivity index (χ1v) is 9.32. The Balaban J connectivity index is 1.47. The molecular weight excluding hydrogens is 300 g/mol. The van der Waals surface area contributed by atoms with Crippen LogP contribution in [0.25, 0.3) is 0 Å². The van der Waals surface area contributed by atoms with Gasteiger partial charge in [0.1, 0.15) is 0 Å². The maximum absolute atomic E-state index is 10.2. The van der Waals surface area contributed by atoms with E-state index in [0.29, 0.717) is 6.04 Å². The lowest BCUT2D eigenvalue weighted by atomic mass is 9.83. The smallest absolute Gasteiger partial charge is 0.0682 e. The van der Waals surface area contributed by atoms with E-state index in [-0.39, 0.29) is 11.6 Å². The van der Waals surface area contributed by atoms with Crippen molar-refractivity contribution in [2.45, 2.75) is 44.5 Å². The van der Waals surface area contributed by atoms with E-state index in [0.717, 1.165) is 51.6 Å². The Morgan fingerprint density at radius 2 is 2.04 bits per heavy atom. The minimum atomic E-state index is -0.149. The number of aromatic nitrogens is 1. The molecule has 3 saturated heterocycles. The van der Waals surface area contributed by atoms with Gasteiger partial charge in [-0.05, 0) is 24.0 Å². The number of piperazine rings is 1. The van der Waals surface area contributed by atoms with Gasteiger partial charge >= 0.3 is 0 Å². The van der Waals surface area contributed by atoms with Crippen molar-refractivity contribution in [1.82, 2.24) is 19.7 Å². The molecule has 4 rings (SSSR count). The SMILES string of the molecule is CC(C)CN1CC2(CN(Cc3cccnc3)C[C@@H]3C[C@@H](O)CN32)C1. The molecule has 0 aromatic carbocycles. The first-order valence-electron chi connectivity index (χ1n) is 9.32. The fourth-order valence-corrected chi connectivity index (χ4v) is 5.10. The number of pyridine rings is 1. The molecule has 2 atom stereocenters. The minimum absolute atomic E-state index is 0.149. The van der Waals surface area contributed by atoms with Gasteiger partial charge in [-0.1, -0.05) is 19.9 Å². The molecule has 3 aliphatic heterocycles. The number of aliphatic hydroxyl groups is 1. The van der Waals surface area contributed by atoms with Crippen LogP contribution in [0.2, 0.25) is 0 Å². The van der Waals surface area contributed by atoms with Gasteiger partial charge in [-0.25, -0.2) is 0 Å². The molecule has 5 nitrogen and oxygen atoms in total. The average molecular weight is 330 g/mol. The monoisotopic (exact) mass is 330 g/mol. The van der Waals surface area contributed by atoms with E-state index in [1.54, 1.807) is 0 Å². The summed E-state index contributed by atoms with van der Waals surface area (Å²) in [5.41, 5.74) is 1.54. The standard InChI is InChI=1S/C19H30N4O/c1-15(2)8-22-13-19(14-22)12-21(9-16-4-3-5-20-7-16)10-17-6-18(24)11-23(17)19/h3-5,7,15,17-18,24H,6,8-14H2,1-2H3/t17-,18+/m0/s1. The highest BCUT2D eigenvalue weighted by Gasteiger charge is 2.55. The molecule has 0 saturated carbocycles. The van der Waals surface area contributed by atoms with Gasteiger partial charge in [0, 0.05) is 64.2 Å². The van der Waals surface area contributed by atoms with Crippen LogP contribution in [-0.4, -0.2) is 81.7 Å². The summed E-state index contributed by atoms with van der Waals surface area (Å²) in [5, 5.41) is 10.2. The van der Waals surface area contributed by atoms with Crippen LogP contribution in [0.4, 0.5) is 0 Å². The molecule has 3 aliphatic rings. The summed E-state index contributed by atoms with van der Waals surface area (Å²) in [6, 6.07) is 4.70. The van der Waals surface area contributed by atoms with Crippen molar-refractivity contribution in [3.8, 4) is 0 Å². The molecule has 0 amide bonds. The van der Waals surface area contributed by atoms with Crippen molar-refractivity contribution in [3.05, 3.63) is 30.1 Å². The molecule has 1 aromatic heterocycles. The number of hydrogen-bond donors (Lipinski definition) is 1. The third-order valence-corrected chi connectivity index (χ3v) is 5.78. The van der Waals surface area contributed by atoms with Crippen LogP contribution in [0.15, 0.2) is 24.5 Å². The van der Waals surface area contributed by atoms with Gasteiger partial charge in [0.2, 0.25) is 0 Å². The second kappa shape index (κ2) is 6.37. The van der Waals surface area contributed by atoms with E-state index in [1.807, 2.05) is 18.5 Å². The molecule has 132 valence electrons. The van der Waals surface area contributed by atoms with Gasteiger partial charge in [-0.2, -0.15) is 0 Å². The summed E-state index contributed by atoms with van der Waals surface area (Å²) in [6.45, 7) is 12.1. The number of aliphatic hydroxyl groups excluding tert-OH is 1. The van der Waals surface area contributed by atoms with Crippen molar-refractivity contribution < 1.29 is 5.11 Å². The highest BCUT2D eigenvalue weighted by Crippen LogP contribution is 2.39. The van der Waals surface area contributed by atoms with Gasteiger partial charge in [-0.15, -0.1) is 0 Å². The Labute approximate surface area is 145 Å². The van der Waals surface area contributed by atoms with Crippen molar-refractivity contribution in [3.63, 3.8) is 0 Å². The number of β-amino-alcohol motifs (C(OH)–C–C–N with tert-alkyl or cyclic N) is 1. The topological polar surface area (TPSA) is 42.8 Å². The second-order valence-electron chi connectivity index (χ2n) is 8.51. The lowest BCUT2D eigenvalue weighted by molar-refractivity contribution is -0.117. The quantitative estimate of drug-likeness (QED) is 0.894. The molecule has 0 aliphatic carbocycles. The van der Waals surface area contributed by atoms with Crippen molar-refractivity contribution in [2.75, 3.05) is 39.3 Å². The highest BCUT2D eigenvalue weighted by molar-refractivity contribution is 5.15. The van der Waals surface area contributed by atoms with Crippen LogP contribution in [0.5, 0.6) is 0 Å². The number of hydrogen-bond acceptors (Lipinski definition) is 5. The minimum Gasteiger partial charge on any atom is -0.392 e. The molecular formula is C19H30N4O. The molecule has 0 bridgehead atoms. The maximum Gasteiger partial charge on any atom is 0.0682 e. The van der Waals surface area contributed by atoms with Crippen molar-refractivity contribution >= 4 is 0 Å². The number of likely N-dealkylation sites (tertiary alicyclic amines) is 1. The highest BCUT2D eigenvalue weighted by atomic mass is 16.3. The van der Waals surface area contributed by atoms with Crippen molar-refractivity contribution in [2.24, 2.45) is 5.92 Å². The molecule has 0 unspecified atom stereocenters. The van der Waals surface area contributed by atoms with Crippen LogP contribution in [0.3, 0.4) is 0 Å². The molecule has 4 heterocycles. The normalized spacial score (nSPS) is 30.7. The van der Waals surface area contributed by atoms with Crippen LogP contribution < -0.4 is 0 Å². The van der Waals surface area contributed by atoms with E-state index in [1.165, 1.54) is 12.1 Å². The zero-order valence-corrected chi connectivity index (χ0v) is 14.9. The van der Waals surface area contributed by atoms with Gasteiger partial charge in [-0.3, -0.25) is 19.7 Å². The third-order valence-electron chi connectivity index (χ3n) is 5.78. The van der Waals surface area contributed by atoms with Crippen LogP contribution in [-0.2, 0) is 6.54 Å². The largest absolute Gasteiger partial charge is 0.392 e. The summed E-state index contributed by atoms with van der Waals surface area (Å²) in [6.07, 6.45) is 4.60. The molecule has 24 heavy (non-hydrogen) atoms. The van der Waals surface area contributed by atoms with Gasteiger partial charge in [0.25, 0.3) is 0 Å². The summed E-state index contributed by atoms with van der Waals surface area (Å²) in [4.78, 5) is 12.1. The fraction of sp³-hybridized carbons (Fsp3) is 0.737. The van der Waals surface area contributed by atoms with E-state index in [9.17, 15) is 5.11 Å². The zero-order valence-electron chi connectivity index (χ0n) is 14.9. The van der Waals surface area contributed by atoms with Crippen molar-refractivity contribution in [1.29, 1.82) is 0 Å². The lowest BCUT2D eigenvalue weighted by Crippen LogP contribution is -2.78. The molecule has 3 fully saturated rings. The third kappa shape index (κ3) is 3.10. The van der Waals surface area contributed by atoms with E-state index < -0.39 is 0 Å². The maximum atomic E-state index is 10.2. The van der Waals surface area contributed by atoms with E-state index in [2.05, 4.69) is 39.6 Å². The number of rotatable bonds is 4. The predicted molar refractivity (Wildman–Crippen MR) is 94.6 cm³/mol. The average Bonchev–Trinajstić information content (AvgIpc) is 2.87. The zero-order chi connectivity index (χ0) is 16.7. The molecule has 1 N–H and O–H groups in total. The Bertz CT molecular complexity index is 558. The van der Waals surface area contributed by atoms with Crippen LogP contribution in [0.1, 0.15) is 25.8 Å². The Hall–Kier alpha value is -1.01. The van der Waals surface area contributed by atoms with Crippen LogP contribution >= 0.6 is 0 Å². The number of nitrogens with zero attached hydrogens (tertiary/aromatic N) is 4. The number of fused-ring (bicyclic) bond motifs is 2. The van der Waals surface area contributed by atoms with Gasteiger partial charge in [0.05, 0.1) is 11.6 Å². The molecule has 0 radical (unpaired) electrons. The lowest BCUT2D eigenvalue weighted by Gasteiger charge is -2.61. The molecule has 1 aromatic rings. The predicted octanol–water partition coefficient (Wildman–Crippen LogP) is 1.04. The second-order valence-corrected chi connectivity index (χ2v) is 8.51. The Morgan fingerprint density at radius 1 is 1.25 bits per heavy atom. The molecule has 1 spiro atoms. The first kappa shape index (κ1) is 16.5. The summed E-state index contributed by atoms with van der Waals surface area (Å²) in [5.74, 6) is 0.720.